The van der Waals surface area contributed by atoms with Crippen LogP contribution >= 0.6 is 0 Å². The van der Waals surface area contributed by atoms with Gasteiger partial charge in [0.1, 0.15) is 0 Å². The number of amides is 1. The summed E-state index contributed by atoms with van der Waals surface area (Å²) in [7, 11) is 0. The van der Waals surface area contributed by atoms with E-state index in [0.717, 1.165) is 13.0 Å². The first kappa shape index (κ1) is 11.4. The van der Waals surface area contributed by atoms with Crippen molar-refractivity contribution in [3.05, 3.63) is 0 Å². The van der Waals surface area contributed by atoms with Gasteiger partial charge in [0.05, 0.1) is 11.8 Å². The number of carbonyl (C=O) groups is 2. The molecule has 0 saturated heterocycles. The molecular weight excluding hydrogens is 206 g/mol. The van der Waals surface area contributed by atoms with E-state index in [2.05, 4.69) is 12.2 Å². The Kier molecular flexibility index (Phi) is 2.91. The van der Waals surface area contributed by atoms with E-state index in [1.807, 2.05) is 0 Å². The largest absolute Gasteiger partial charge is 0.481 e. The topological polar surface area (TPSA) is 66.4 Å². The molecule has 0 aromatic heterocycles. The Bertz CT molecular complexity index is 309. The highest BCUT2D eigenvalue weighted by Crippen LogP contribution is 2.49. The molecule has 2 rings (SSSR count). The van der Waals surface area contributed by atoms with Gasteiger partial charge in [0.25, 0.3) is 0 Å². The van der Waals surface area contributed by atoms with Crippen molar-refractivity contribution in [2.45, 2.75) is 39.0 Å². The molecule has 2 aliphatic carbocycles. The van der Waals surface area contributed by atoms with Gasteiger partial charge in [0, 0.05) is 6.54 Å². The lowest BCUT2D eigenvalue weighted by Crippen LogP contribution is -2.32. The number of rotatable bonds is 6. The summed E-state index contributed by atoms with van der Waals surface area (Å²) in [5.41, 5.74) is 0.345. The zero-order valence-electron chi connectivity index (χ0n) is 9.66. The summed E-state index contributed by atoms with van der Waals surface area (Å²) in [5, 5.41) is 11.6. The Morgan fingerprint density at radius 2 is 2.06 bits per heavy atom. The average molecular weight is 225 g/mol. The molecule has 0 aromatic carbocycles. The van der Waals surface area contributed by atoms with Crippen molar-refractivity contribution in [3.63, 3.8) is 0 Å². The van der Waals surface area contributed by atoms with Gasteiger partial charge in [-0.2, -0.15) is 0 Å². The van der Waals surface area contributed by atoms with E-state index in [4.69, 9.17) is 5.11 Å². The molecule has 1 amide bonds. The maximum absolute atomic E-state index is 11.6. The molecule has 90 valence electrons. The van der Waals surface area contributed by atoms with E-state index in [0.29, 0.717) is 11.8 Å². The van der Waals surface area contributed by atoms with Gasteiger partial charge in [0.2, 0.25) is 5.91 Å². The predicted octanol–water partition coefficient (Wildman–Crippen LogP) is 1.40. The van der Waals surface area contributed by atoms with Gasteiger partial charge >= 0.3 is 5.97 Å². The Hall–Kier alpha value is -1.06. The van der Waals surface area contributed by atoms with Crippen LogP contribution in [-0.4, -0.2) is 23.5 Å². The van der Waals surface area contributed by atoms with Crippen LogP contribution < -0.4 is 5.32 Å². The molecule has 2 aliphatic rings. The second-order valence-corrected chi connectivity index (χ2v) is 5.25. The second-order valence-electron chi connectivity index (χ2n) is 5.25. The van der Waals surface area contributed by atoms with Gasteiger partial charge in [0.15, 0.2) is 0 Å². The smallest absolute Gasteiger partial charge is 0.307 e. The Morgan fingerprint density at radius 1 is 1.38 bits per heavy atom. The summed E-state index contributed by atoms with van der Waals surface area (Å²) in [6.07, 6.45) is 5.24. The highest BCUT2D eigenvalue weighted by Gasteiger charge is 2.49. The molecule has 0 aliphatic heterocycles. The molecule has 0 radical (unpaired) electrons. The highest BCUT2D eigenvalue weighted by molar-refractivity contribution is 5.89. The minimum Gasteiger partial charge on any atom is -0.481 e. The molecule has 0 spiro atoms. The number of hydrogen-bond acceptors (Lipinski definition) is 2. The Morgan fingerprint density at radius 3 is 2.50 bits per heavy atom. The normalized spacial score (nSPS) is 29.6. The standard InChI is InChI=1S/C12H19NO3/c1-2-3-12(4-5-12)7-13-10(14)8-6-9(8)11(15)16/h8-9H,2-7H2,1H3,(H,13,14)(H,15,16). The van der Waals surface area contributed by atoms with Gasteiger partial charge in [-0.25, -0.2) is 0 Å². The fraction of sp³-hybridized carbons (Fsp3) is 0.833. The second kappa shape index (κ2) is 4.07. The maximum atomic E-state index is 11.6. The van der Waals surface area contributed by atoms with Crippen LogP contribution in [0.3, 0.4) is 0 Å². The lowest BCUT2D eigenvalue weighted by atomic mass is 10.0. The van der Waals surface area contributed by atoms with Crippen molar-refractivity contribution >= 4 is 11.9 Å². The predicted molar refractivity (Wildman–Crippen MR) is 58.8 cm³/mol. The summed E-state index contributed by atoms with van der Waals surface area (Å²) in [6, 6.07) is 0. The fourth-order valence-corrected chi connectivity index (χ4v) is 2.39. The van der Waals surface area contributed by atoms with Gasteiger partial charge in [-0.05, 0) is 31.1 Å². The van der Waals surface area contributed by atoms with Crippen LogP contribution in [0.15, 0.2) is 0 Å². The first-order valence-corrected chi connectivity index (χ1v) is 6.08. The van der Waals surface area contributed by atoms with Crippen LogP contribution in [0.2, 0.25) is 0 Å². The van der Waals surface area contributed by atoms with E-state index in [9.17, 15) is 9.59 Å². The molecular formula is C12H19NO3. The van der Waals surface area contributed by atoms with Crippen LogP contribution in [0, 0.1) is 17.3 Å². The van der Waals surface area contributed by atoms with Crippen molar-refractivity contribution in [1.29, 1.82) is 0 Å². The molecule has 2 N–H and O–H groups in total. The number of carboxylic acid groups (broad SMARTS) is 1. The highest BCUT2D eigenvalue weighted by atomic mass is 16.4. The van der Waals surface area contributed by atoms with Crippen molar-refractivity contribution in [2.24, 2.45) is 17.3 Å². The third-order valence-electron chi connectivity index (χ3n) is 3.82. The van der Waals surface area contributed by atoms with E-state index in [-0.39, 0.29) is 11.8 Å². The zero-order valence-corrected chi connectivity index (χ0v) is 9.66. The van der Waals surface area contributed by atoms with Crippen molar-refractivity contribution in [3.8, 4) is 0 Å². The Balaban J connectivity index is 1.71. The number of aliphatic carboxylic acids is 1. The van der Waals surface area contributed by atoms with Crippen LogP contribution in [0.5, 0.6) is 0 Å². The Labute approximate surface area is 95.4 Å². The van der Waals surface area contributed by atoms with E-state index >= 15 is 0 Å². The zero-order chi connectivity index (χ0) is 11.8. The molecule has 2 fully saturated rings. The van der Waals surface area contributed by atoms with Crippen molar-refractivity contribution < 1.29 is 14.7 Å². The van der Waals surface area contributed by atoms with Crippen LogP contribution in [0.25, 0.3) is 0 Å². The van der Waals surface area contributed by atoms with Gasteiger partial charge in [-0.3, -0.25) is 9.59 Å². The average Bonchev–Trinajstić information content (AvgIpc) is 3.10. The number of nitrogens with one attached hydrogen (secondary N) is 1. The van der Waals surface area contributed by atoms with Gasteiger partial charge in [-0.1, -0.05) is 13.3 Å². The molecule has 2 unspecified atom stereocenters. The fourth-order valence-electron chi connectivity index (χ4n) is 2.39. The molecule has 4 nitrogen and oxygen atoms in total. The number of hydrogen-bond donors (Lipinski definition) is 2. The maximum Gasteiger partial charge on any atom is 0.307 e. The third kappa shape index (κ3) is 2.36. The molecule has 16 heavy (non-hydrogen) atoms. The lowest BCUT2D eigenvalue weighted by Gasteiger charge is -2.14. The monoisotopic (exact) mass is 225 g/mol. The molecule has 4 heteroatoms. The van der Waals surface area contributed by atoms with Crippen molar-refractivity contribution in [2.75, 3.05) is 6.54 Å². The first-order chi connectivity index (χ1) is 7.58. The molecule has 2 atom stereocenters. The van der Waals surface area contributed by atoms with Crippen molar-refractivity contribution in [1.82, 2.24) is 5.32 Å². The summed E-state index contributed by atoms with van der Waals surface area (Å²) in [5.74, 6) is -1.60. The first-order valence-electron chi connectivity index (χ1n) is 6.08. The summed E-state index contributed by atoms with van der Waals surface area (Å²) < 4.78 is 0. The molecule has 0 bridgehead atoms. The van der Waals surface area contributed by atoms with Crippen LogP contribution in [0.1, 0.15) is 39.0 Å². The van der Waals surface area contributed by atoms with Gasteiger partial charge in [-0.15, -0.1) is 0 Å². The van der Waals surface area contributed by atoms with Crippen LogP contribution in [-0.2, 0) is 9.59 Å². The minimum atomic E-state index is -0.838. The molecule has 0 aromatic rings. The van der Waals surface area contributed by atoms with E-state index < -0.39 is 11.9 Å². The lowest BCUT2D eigenvalue weighted by molar-refractivity contribution is -0.140. The summed E-state index contributed by atoms with van der Waals surface area (Å²) >= 11 is 0. The van der Waals surface area contributed by atoms with Crippen LogP contribution in [0.4, 0.5) is 0 Å². The third-order valence-corrected chi connectivity index (χ3v) is 3.82. The molecule has 2 saturated carbocycles. The number of carboxylic acids is 1. The minimum absolute atomic E-state index is 0.0604. The SMILES string of the molecule is CCCC1(CNC(=O)C2CC2C(=O)O)CC1. The number of carbonyl (C=O) groups excluding carboxylic acids is 1. The summed E-state index contributed by atoms with van der Waals surface area (Å²) in [4.78, 5) is 22.2. The van der Waals surface area contributed by atoms with Gasteiger partial charge < -0.3 is 10.4 Å². The van der Waals surface area contributed by atoms with E-state index in [1.54, 1.807) is 0 Å². The quantitative estimate of drug-likeness (QED) is 0.718. The molecule has 0 heterocycles. The summed E-state index contributed by atoms with van der Waals surface area (Å²) in [6.45, 7) is 2.89. The van der Waals surface area contributed by atoms with E-state index in [1.165, 1.54) is 19.3 Å².